The van der Waals surface area contributed by atoms with Crippen LogP contribution in [0, 0.1) is 0 Å². The molecule has 1 amide bonds. The van der Waals surface area contributed by atoms with E-state index in [9.17, 15) is 9.90 Å². The van der Waals surface area contributed by atoms with Crippen molar-refractivity contribution < 1.29 is 14.6 Å². The van der Waals surface area contributed by atoms with Gasteiger partial charge >= 0.3 is 0 Å². The number of nitrogens with zero attached hydrogens (tertiary/aromatic N) is 1. The monoisotopic (exact) mass is 236 g/mol. The number of phenolic OH excluding ortho intramolecular Hbond substituents is 1. The highest BCUT2D eigenvalue weighted by atomic mass is 16.5. The van der Waals surface area contributed by atoms with Crippen molar-refractivity contribution in [3.63, 3.8) is 0 Å². The molecule has 1 aliphatic rings. The first-order valence-electron chi connectivity index (χ1n) is 5.63. The fourth-order valence-electron chi connectivity index (χ4n) is 1.70. The first-order chi connectivity index (χ1) is 8.27. The molecule has 17 heavy (non-hydrogen) atoms. The van der Waals surface area contributed by atoms with Crippen LogP contribution in [0.1, 0.15) is 10.4 Å². The van der Waals surface area contributed by atoms with Gasteiger partial charge in [-0.15, -0.1) is 0 Å². The predicted molar refractivity (Wildman–Crippen MR) is 62.8 cm³/mol. The van der Waals surface area contributed by atoms with Gasteiger partial charge in [0.25, 0.3) is 5.91 Å². The molecule has 0 aliphatic carbocycles. The molecule has 5 nitrogen and oxygen atoms in total. The Balaban J connectivity index is 1.87. The number of rotatable bonds is 3. The Morgan fingerprint density at radius 3 is 2.76 bits per heavy atom. The fraction of sp³-hybridized carbons (Fsp3) is 0.417. The lowest BCUT2D eigenvalue weighted by molar-refractivity contribution is 0.0334. The number of amides is 1. The summed E-state index contributed by atoms with van der Waals surface area (Å²) in [5.41, 5.74) is 0.306. The quantitative estimate of drug-likeness (QED) is 0.798. The molecule has 0 radical (unpaired) electrons. The van der Waals surface area contributed by atoms with Crippen molar-refractivity contribution in [3.8, 4) is 5.75 Å². The molecule has 0 unspecified atom stereocenters. The molecule has 1 aromatic carbocycles. The lowest BCUT2D eigenvalue weighted by Gasteiger charge is -2.26. The number of nitrogens with one attached hydrogen (secondary N) is 1. The maximum Gasteiger partial charge on any atom is 0.256 e. The lowest BCUT2D eigenvalue weighted by Crippen LogP contribution is -2.43. The normalized spacial score (nSPS) is 16.7. The summed E-state index contributed by atoms with van der Waals surface area (Å²) in [6, 6.07) is 6.52. The minimum atomic E-state index is -0.255. The highest BCUT2D eigenvalue weighted by molar-refractivity contribution is 5.96. The highest BCUT2D eigenvalue weighted by Crippen LogP contribution is 2.14. The zero-order chi connectivity index (χ0) is 12.1. The van der Waals surface area contributed by atoms with Crippen molar-refractivity contribution in [2.24, 2.45) is 0 Å². The summed E-state index contributed by atoms with van der Waals surface area (Å²) >= 11 is 0. The van der Waals surface area contributed by atoms with Crippen LogP contribution in [0.15, 0.2) is 24.3 Å². The van der Waals surface area contributed by atoms with E-state index in [4.69, 9.17) is 4.74 Å². The van der Waals surface area contributed by atoms with Gasteiger partial charge in [-0.25, -0.2) is 0 Å². The molecule has 2 rings (SSSR count). The Morgan fingerprint density at radius 1 is 1.35 bits per heavy atom. The number of carbonyl (C=O) groups excluding carboxylic acids is 1. The fourth-order valence-corrected chi connectivity index (χ4v) is 1.70. The summed E-state index contributed by atoms with van der Waals surface area (Å²) in [7, 11) is 0. The van der Waals surface area contributed by atoms with Crippen LogP contribution in [-0.2, 0) is 4.74 Å². The summed E-state index contributed by atoms with van der Waals surface area (Å²) < 4.78 is 5.22. The van der Waals surface area contributed by atoms with Crippen LogP contribution in [0.2, 0.25) is 0 Å². The van der Waals surface area contributed by atoms with Crippen LogP contribution >= 0.6 is 0 Å². The molecular weight excluding hydrogens is 220 g/mol. The molecule has 0 bridgehead atoms. The topological polar surface area (TPSA) is 61.8 Å². The Morgan fingerprint density at radius 2 is 2.06 bits per heavy atom. The van der Waals surface area contributed by atoms with Crippen LogP contribution in [0.4, 0.5) is 0 Å². The Bertz CT molecular complexity index is 389. The van der Waals surface area contributed by atoms with Crippen molar-refractivity contribution in [1.82, 2.24) is 10.2 Å². The molecule has 0 aromatic heterocycles. The maximum absolute atomic E-state index is 11.8. The second-order valence-corrected chi connectivity index (χ2v) is 3.91. The molecule has 5 heteroatoms. The van der Waals surface area contributed by atoms with Gasteiger partial charge in [-0.1, -0.05) is 12.1 Å². The third-order valence-electron chi connectivity index (χ3n) is 2.72. The lowest BCUT2D eigenvalue weighted by atomic mass is 10.2. The highest BCUT2D eigenvalue weighted by Gasteiger charge is 2.13. The average Bonchev–Trinajstić information content (AvgIpc) is 2.38. The van der Waals surface area contributed by atoms with Crippen molar-refractivity contribution in [3.05, 3.63) is 29.8 Å². The van der Waals surface area contributed by atoms with E-state index in [2.05, 4.69) is 10.2 Å². The Kier molecular flexibility index (Phi) is 3.95. The van der Waals surface area contributed by atoms with Gasteiger partial charge in [0.1, 0.15) is 5.75 Å². The summed E-state index contributed by atoms with van der Waals surface area (Å²) in [5.74, 6) is -0.249. The molecule has 0 saturated carbocycles. The van der Waals surface area contributed by atoms with E-state index >= 15 is 0 Å². The van der Waals surface area contributed by atoms with E-state index in [1.807, 2.05) is 0 Å². The van der Waals surface area contributed by atoms with Gasteiger partial charge < -0.3 is 15.2 Å². The standard InChI is InChI=1S/C12H16N2O3/c15-11-4-2-1-3-10(11)12(16)13-9-14-5-7-17-8-6-14/h1-4,15H,5-9H2,(H,13,16). The second kappa shape index (κ2) is 5.65. The Labute approximate surface area is 100.0 Å². The minimum absolute atomic E-state index is 0.00646. The molecule has 2 N–H and O–H groups in total. The van der Waals surface area contributed by atoms with Crippen LogP contribution in [0.5, 0.6) is 5.75 Å². The minimum Gasteiger partial charge on any atom is -0.507 e. The van der Waals surface area contributed by atoms with Crippen LogP contribution < -0.4 is 5.32 Å². The van der Waals surface area contributed by atoms with E-state index < -0.39 is 0 Å². The van der Waals surface area contributed by atoms with E-state index in [0.29, 0.717) is 25.4 Å². The number of carbonyl (C=O) groups is 1. The van der Waals surface area contributed by atoms with Gasteiger partial charge in [-0.05, 0) is 12.1 Å². The average molecular weight is 236 g/mol. The first-order valence-corrected chi connectivity index (χ1v) is 5.63. The first kappa shape index (κ1) is 11.9. The molecule has 1 heterocycles. The van der Waals surface area contributed by atoms with Crippen molar-refractivity contribution in [2.75, 3.05) is 33.0 Å². The predicted octanol–water partition coefficient (Wildman–Crippen LogP) is 0.412. The van der Waals surface area contributed by atoms with Gasteiger partial charge in [0.15, 0.2) is 0 Å². The third-order valence-corrected chi connectivity index (χ3v) is 2.72. The van der Waals surface area contributed by atoms with Crippen molar-refractivity contribution in [2.45, 2.75) is 0 Å². The van der Waals surface area contributed by atoms with E-state index in [-0.39, 0.29) is 11.7 Å². The smallest absolute Gasteiger partial charge is 0.256 e. The number of hydrogen-bond donors (Lipinski definition) is 2. The van der Waals surface area contributed by atoms with Gasteiger partial charge in [-0.3, -0.25) is 9.69 Å². The number of ether oxygens (including phenoxy) is 1. The number of aromatic hydroxyl groups is 1. The number of benzene rings is 1. The van der Waals surface area contributed by atoms with E-state index in [0.717, 1.165) is 13.1 Å². The molecule has 92 valence electrons. The molecule has 1 aliphatic heterocycles. The molecule has 1 fully saturated rings. The SMILES string of the molecule is O=C(NCN1CCOCC1)c1ccccc1O. The van der Waals surface area contributed by atoms with Gasteiger partial charge in [0.05, 0.1) is 25.4 Å². The zero-order valence-corrected chi connectivity index (χ0v) is 9.56. The molecular formula is C12H16N2O3. The molecule has 1 aromatic rings. The molecule has 1 saturated heterocycles. The van der Waals surface area contributed by atoms with Gasteiger partial charge in [0.2, 0.25) is 0 Å². The van der Waals surface area contributed by atoms with Gasteiger partial charge in [-0.2, -0.15) is 0 Å². The maximum atomic E-state index is 11.8. The summed E-state index contributed by atoms with van der Waals surface area (Å²) in [4.78, 5) is 13.9. The van der Waals surface area contributed by atoms with E-state index in [1.54, 1.807) is 18.2 Å². The third kappa shape index (κ3) is 3.18. The number of morpholine rings is 1. The summed E-state index contributed by atoms with van der Waals surface area (Å²) in [5, 5.41) is 12.3. The van der Waals surface area contributed by atoms with Crippen molar-refractivity contribution >= 4 is 5.91 Å². The van der Waals surface area contributed by atoms with Crippen LogP contribution in [0.25, 0.3) is 0 Å². The Hall–Kier alpha value is -1.59. The summed E-state index contributed by atoms with van der Waals surface area (Å²) in [6.45, 7) is 3.53. The number of para-hydroxylation sites is 1. The molecule has 0 spiro atoms. The van der Waals surface area contributed by atoms with Crippen LogP contribution in [-0.4, -0.2) is 48.9 Å². The van der Waals surface area contributed by atoms with Gasteiger partial charge in [0, 0.05) is 13.1 Å². The second-order valence-electron chi connectivity index (χ2n) is 3.91. The molecule has 0 atom stereocenters. The van der Waals surface area contributed by atoms with Crippen molar-refractivity contribution in [1.29, 1.82) is 0 Å². The van der Waals surface area contributed by atoms with Crippen LogP contribution in [0.3, 0.4) is 0 Å². The largest absolute Gasteiger partial charge is 0.507 e. The van der Waals surface area contributed by atoms with E-state index in [1.165, 1.54) is 6.07 Å². The zero-order valence-electron chi connectivity index (χ0n) is 9.56. The number of phenols is 1. The number of hydrogen-bond acceptors (Lipinski definition) is 4. The summed E-state index contributed by atoms with van der Waals surface area (Å²) in [6.07, 6.45) is 0.